The van der Waals surface area contributed by atoms with E-state index >= 15 is 0 Å². The van der Waals surface area contributed by atoms with Crippen LogP contribution < -0.4 is 4.90 Å². The average molecular weight is 423 g/mol. The quantitative estimate of drug-likeness (QED) is 0.460. The van der Waals surface area contributed by atoms with Gasteiger partial charge >= 0.3 is 6.18 Å². The minimum absolute atomic E-state index is 0.357. The summed E-state index contributed by atoms with van der Waals surface area (Å²) in [6.45, 7) is 1.99. The van der Waals surface area contributed by atoms with E-state index in [-0.39, 0.29) is 0 Å². The molecule has 158 valence electrons. The lowest BCUT2D eigenvalue weighted by Crippen LogP contribution is -2.30. The minimum atomic E-state index is -4.38. The van der Waals surface area contributed by atoms with E-state index in [0.717, 1.165) is 47.9 Å². The second kappa shape index (κ2) is 7.68. The maximum atomic E-state index is 12.9. The largest absolute Gasteiger partial charge is 0.416 e. The van der Waals surface area contributed by atoms with Gasteiger partial charge in [-0.1, -0.05) is 24.3 Å². The van der Waals surface area contributed by atoms with Crippen molar-refractivity contribution in [1.82, 2.24) is 19.9 Å². The van der Waals surface area contributed by atoms with Crippen molar-refractivity contribution in [2.45, 2.75) is 25.4 Å². The van der Waals surface area contributed by atoms with Crippen LogP contribution in [0.3, 0.4) is 0 Å². The van der Waals surface area contributed by atoms with Crippen molar-refractivity contribution in [1.29, 1.82) is 0 Å². The highest BCUT2D eigenvalue weighted by atomic mass is 19.4. The van der Waals surface area contributed by atoms with E-state index in [4.69, 9.17) is 0 Å². The number of nitrogens with one attached hydrogen (secondary N) is 1. The number of aromatic amines is 1. The van der Waals surface area contributed by atoms with Crippen LogP contribution in [0.5, 0.6) is 0 Å². The maximum Gasteiger partial charge on any atom is 0.416 e. The van der Waals surface area contributed by atoms with E-state index in [2.05, 4.69) is 24.8 Å². The molecular formula is C23H20F3N5. The number of alkyl halides is 3. The van der Waals surface area contributed by atoms with Gasteiger partial charge in [0, 0.05) is 36.6 Å². The fraction of sp³-hybridized carbons (Fsp3) is 0.261. The third kappa shape index (κ3) is 3.97. The van der Waals surface area contributed by atoms with E-state index in [0.29, 0.717) is 16.9 Å². The topological polar surface area (TPSA) is 57.7 Å². The third-order valence-electron chi connectivity index (χ3n) is 5.58. The molecule has 8 heteroatoms. The van der Waals surface area contributed by atoms with Crippen LogP contribution >= 0.6 is 0 Å². The number of anilines is 1. The maximum absolute atomic E-state index is 12.9. The number of hydrogen-bond acceptors (Lipinski definition) is 4. The zero-order valence-corrected chi connectivity index (χ0v) is 16.7. The standard InChI is InChI=1S/C23H20F3N5/c24-23(25,26)18-8-9-19-20(12-18)30-21(29-19)16-6-4-15(5-7-16)17-13-27-22(28-14-17)31-10-2-1-3-11-31/h4-9,12-14H,1-3,10-11H2,(H,29,30). The van der Waals surface area contributed by atoms with E-state index in [1.165, 1.54) is 25.3 Å². The number of rotatable bonds is 3. The SMILES string of the molecule is FC(F)(F)c1ccc2nc(-c3ccc(-c4cnc(N5CCCCC5)nc4)cc3)[nH]c2c1. The summed E-state index contributed by atoms with van der Waals surface area (Å²) in [5.74, 6) is 1.29. The number of halogens is 3. The summed E-state index contributed by atoms with van der Waals surface area (Å²) < 4.78 is 38.8. The van der Waals surface area contributed by atoms with Crippen LogP contribution in [0.1, 0.15) is 24.8 Å². The molecule has 5 rings (SSSR count). The van der Waals surface area contributed by atoms with E-state index in [1.807, 2.05) is 36.7 Å². The molecule has 4 aromatic rings. The molecule has 0 amide bonds. The second-order valence-corrected chi connectivity index (χ2v) is 7.71. The highest BCUT2D eigenvalue weighted by molar-refractivity contribution is 5.80. The normalized spacial score (nSPS) is 14.9. The molecule has 0 saturated carbocycles. The molecule has 3 heterocycles. The molecule has 1 fully saturated rings. The molecule has 0 bridgehead atoms. The Labute approximate surface area is 177 Å². The van der Waals surface area contributed by atoms with Crippen molar-refractivity contribution in [3.05, 3.63) is 60.4 Å². The Hall–Kier alpha value is -3.42. The highest BCUT2D eigenvalue weighted by Gasteiger charge is 2.30. The van der Waals surface area contributed by atoms with Crippen LogP contribution in [0.15, 0.2) is 54.9 Å². The molecule has 1 saturated heterocycles. The van der Waals surface area contributed by atoms with Crippen LogP contribution in [0.4, 0.5) is 19.1 Å². The van der Waals surface area contributed by atoms with Crippen LogP contribution in [0.2, 0.25) is 0 Å². The van der Waals surface area contributed by atoms with Crippen LogP contribution in [-0.4, -0.2) is 33.0 Å². The van der Waals surface area contributed by atoms with E-state index < -0.39 is 11.7 Å². The van der Waals surface area contributed by atoms with Gasteiger partial charge < -0.3 is 9.88 Å². The summed E-state index contributed by atoms with van der Waals surface area (Å²) in [5, 5.41) is 0. The fourth-order valence-corrected chi connectivity index (χ4v) is 3.87. The molecule has 1 aliphatic rings. The Kier molecular flexibility index (Phi) is 4.84. The first-order valence-corrected chi connectivity index (χ1v) is 10.2. The predicted octanol–water partition coefficient (Wildman–Crippen LogP) is 5.70. The smallest absolute Gasteiger partial charge is 0.341 e. The van der Waals surface area contributed by atoms with Gasteiger partial charge in [-0.3, -0.25) is 0 Å². The molecule has 31 heavy (non-hydrogen) atoms. The van der Waals surface area contributed by atoms with Gasteiger partial charge in [0.2, 0.25) is 5.95 Å². The van der Waals surface area contributed by atoms with Crippen molar-refractivity contribution in [3.8, 4) is 22.5 Å². The molecule has 0 unspecified atom stereocenters. The Bertz CT molecular complexity index is 1190. The molecule has 1 aliphatic heterocycles. The number of hydrogen-bond donors (Lipinski definition) is 1. The first-order chi connectivity index (χ1) is 15.0. The number of nitrogens with zero attached hydrogens (tertiary/aromatic N) is 4. The molecule has 0 aliphatic carbocycles. The highest BCUT2D eigenvalue weighted by Crippen LogP contribution is 2.32. The van der Waals surface area contributed by atoms with Crippen molar-refractivity contribution in [3.63, 3.8) is 0 Å². The van der Waals surface area contributed by atoms with Gasteiger partial charge in [0.05, 0.1) is 16.6 Å². The summed E-state index contributed by atoms with van der Waals surface area (Å²) in [5.41, 5.74) is 2.82. The van der Waals surface area contributed by atoms with Gasteiger partial charge in [0.15, 0.2) is 0 Å². The van der Waals surface area contributed by atoms with Gasteiger partial charge in [-0.25, -0.2) is 15.0 Å². The Morgan fingerprint density at radius 1 is 0.806 bits per heavy atom. The third-order valence-corrected chi connectivity index (χ3v) is 5.58. The average Bonchev–Trinajstić information content (AvgIpc) is 3.23. The fourth-order valence-electron chi connectivity index (χ4n) is 3.87. The summed E-state index contributed by atoms with van der Waals surface area (Å²) in [6, 6.07) is 11.1. The molecule has 0 radical (unpaired) electrons. The zero-order chi connectivity index (χ0) is 21.4. The summed E-state index contributed by atoms with van der Waals surface area (Å²) in [6.07, 6.45) is 2.87. The number of piperidine rings is 1. The van der Waals surface area contributed by atoms with Crippen molar-refractivity contribution >= 4 is 17.0 Å². The lowest BCUT2D eigenvalue weighted by Gasteiger charge is -2.26. The number of imidazole rings is 1. The molecule has 2 aromatic carbocycles. The molecule has 0 spiro atoms. The second-order valence-electron chi connectivity index (χ2n) is 7.71. The van der Waals surface area contributed by atoms with Crippen molar-refractivity contribution < 1.29 is 13.2 Å². The Morgan fingerprint density at radius 2 is 1.48 bits per heavy atom. The number of aromatic nitrogens is 4. The minimum Gasteiger partial charge on any atom is -0.341 e. The first kappa shape index (κ1) is 19.5. The van der Waals surface area contributed by atoms with Crippen molar-refractivity contribution in [2.24, 2.45) is 0 Å². The first-order valence-electron chi connectivity index (χ1n) is 10.2. The predicted molar refractivity (Wildman–Crippen MR) is 114 cm³/mol. The molecule has 1 N–H and O–H groups in total. The lowest BCUT2D eigenvalue weighted by molar-refractivity contribution is -0.137. The van der Waals surface area contributed by atoms with Crippen molar-refractivity contribution in [2.75, 3.05) is 18.0 Å². The summed E-state index contributed by atoms with van der Waals surface area (Å²) in [4.78, 5) is 18.7. The van der Waals surface area contributed by atoms with Gasteiger partial charge in [0.25, 0.3) is 0 Å². The van der Waals surface area contributed by atoms with E-state index in [1.54, 1.807) is 0 Å². The van der Waals surface area contributed by atoms with Crippen LogP contribution in [-0.2, 0) is 6.18 Å². The lowest BCUT2D eigenvalue weighted by atomic mass is 10.1. The zero-order valence-electron chi connectivity index (χ0n) is 16.7. The van der Waals surface area contributed by atoms with Crippen LogP contribution in [0, 0.1) is 0 Å². The summed E-state index contributed by atoms with van der Waals surface area (Å²) in [7, 11) is 0. The molecular weight excluding hydrogens is 403 g/mol. The van der Waals surface area contributed by atoms with Gasteiger partial charge in [-0.2, -0.15) is 13.2 Å². The molecule has 0 atom stereocenters. The van der Waals surface area contributed by atoms with Gasteiger partial charge in [0.1, 0.15) is 5.82 Å². The molecule has 5 nitrogen and oxygen atoms in total. The number of benzene rings is 2. The van der Waals surface area contributed by atoms with Gasteiger partial charge in [-0.05, 0) is 43.0 Å². The van der Waals surface area contributed by atoms with Gasteiger partial charge in [-0.15, -0.1) is 0 Å². The van der Waals surface area contributed by atoms with E-state index in [9.17, 15) is 13.2 Å². The van der Waals surface area contributed by atoms with Crippen LogP contribution in [0.25, 0.3) is 33.5 Å². The number of fused-ring (bicyclic) bond motifs is 1. The molecule has 2 aromatic heterocycles. The number of H-pyrrole nitrogens is 1. The Balaban J connectivity index is 1.37. The Morgan fingerprint density at radius 3 is 2.16 bits per heavy atom. The summed E-state index contributed by atoms with van der Waals surface area (Å²) >= 11 is 0. The monoisotopic (exact) mass is 423 g/mol.